The zero-order valence-corrected chi connectivity index (χ0v) is 21.3. The van der Waals surface area contributed by atoms with Gasteiger partial charge in [0.1, 0.15) is 5.54 Å². The van der Waals surface area contributed by atoms with E-state index in [1.807, 2.05) is 86.5 Å². The van der Waals surface area contributed by atoms with Crippen LogP contribution < -0.4 is 10.6 Å². The molecule has 3 rings (SSSR count). The summed E-state index contributed by atoms with van der Waals surface area (Å²) in [6.45, 7) is 5.50. The standard InChI is InChI=1S/C28H36N4O4/c1-21(2)14-25(36-27(34)30-16-22-10-6-4-7-11-22)26(33)31-28(19-29)15-24(32(3)20-28)18-35-17-23-12-8-5-9-13-23/h4-13,21,24-25H,14-18,20H2,1-3H3,(H,30,34)(H,31,33)/t24?,25-,28?/m0/s1. The number of hydrogen-bond acceptors (Lipinski definition) is 6. The van der Waals surface area contributed by atoms with Gasteiger partial charge in [0.2, 0.25) is 0 Å². The molecule has 0 radical (unpaired) electrons. The predicted molar refractivity (Wildman–Crippen MR) is 137 cm³/mol. The zero-order valence-electron chi connectivity index (χ0n) is 21.3. The number of hydrogen-bond donors (Lipinski definition) is 2. The first-order valence-corrected chi connectivity index (χ1v) is 12.3. The Labute approximate surface area is 213 Å². The minimum atomic E-state index is -1.08. The van der Waals surface area contributed by atoms with Crippen LogP contribution in [0.4, 0.5) is 4.79 Å². The molecular weight excluding hydrogens is 456 g/mol. The van der Waals surface area contributed by atoms with E-state index in [0.717, 1.165) is 11.1 Å². The fourth-order valence-corrected chi connectivity index (χ4v) is 4.34. The molecule has 1 aliphatic heterocycles. The summed E-state index contributed by atoms with van der Waals surface area (Å²) < 4.78 is 11.4. The number of ether oxygens (including phenoxy) is 2. The molecule has 2 aromatic rings. The lowest BCUT2D eigenvalue weighted by atomic mass is 9.96. The number of likely N-dealkylation sites (N-methyl/N-ethyl adjacent to an activating group) is 1. The van der Waals surface area contributed by atoms with Crippen molar-refractivity contribution in [3.63, 3.8) is 0 Å². The number of likely N-dealkylation sites (tertiary alicyclic amines) is 1. The highest BCUT2D eigenvalue weighted by Gasteiger charge is 2.45. The summed E-state index contributed by atoms with van der Waals surface area (Å²) in [6, 6.07) is 21.6. The molecule has 0 saturated carbocycles. The summed E-state index contributed by atoms with van der Waals surface area (Å²) in [5.74, 6) is -0.342. The Morgan fingerprint density at radius 1 is 1.11 bits per heavy atom. The van der Waals surface area contributed by atoms with Crippen LogP contribution in [0.3, 0.4) is 0 Å². The molecule has 8 heteroatoms. The average Bonchev–Trinajstić information content (AvgIpc) is 3.18. The van der Waals surface area contributed by atoms with Crippen molar-refractivity contribution in [2.24, 2.45) is 5.92 Å². The van der Waals surface area contributed by atoms with Crippen LogP contribution in [0.2, 0.25) is 0 Å². The first-order valence-electron chi connectivity index (χ1n) is 12.3. The molecule has 36 heavy (non-hydrogen) atoms. The van der Waals surface area contributed by atoms with Gasteiger partial charge < -0.3 is 20.1 Å². The van der Waals surface area contributed by atoms with Crippen LogP contribution in [0.1, 0.15) is 37.8 Å². The van der Waals surface area contributed by atoms with Crippen molar-refractivity contribution in [2.45, 2.75) is 57.5 Å². The second-order valence-corrected chi connectivity index (χ2v) is 9.82. The number of nitrogens with zero attached hydrogens (tertiary/aromatic N) is 2. The Bertz CT molecular complexity index is 1020. The second kappa shape index (κ2) is 13.1. The number of amides is 2. The summed E-state index contributed by atoms with van der Waals surface area (Å²) in [4.78, 5) is 27.7. The maximum atomic E-state index is 13.2. The molecule has 8 nitrogen and oxygen atoms in total. The van der Waals surface area contributed by atoms with Gasteiger partial charge in [0.15, 0.2) is 6.10 Å². The smallest absolute Gasteiger partial charge is 0.408 e. The van der Waals surface area contributed by atoms with E-state index >= 15 is 0 Å². The maximum Gasteiger partial charge on any atom is 0.408 e. The van der Waals surface area contributed by atoms with Crippen LogP contribution in [0.25, 0.3) is 0 Å². The zero-order chi connectivity index (χ0) is 26.0. The van der Waals surface area contributed by atoms with Gasteiger partial charge in [-0.3, -0.25) is 9.69 Å². The van der Waals surface area contributed by atoms with E-state index < -0.39 is 23.6 Å². The van der Waals surface area contributed by atoms with Gasteiger partial charge >= 0.3 is 6.09 Å². The van der Waals surface area contributed by atoms with Crippen LogP contribution in [0, 0.1) is 17.2 Å². The van der Waals surface area contributed by atoms with Gasteiger partial charge in [-0.25, -0.2) is 4.79 Å². The van der Waals surface area contributed by atoms with E-state index in [2.05, 4.69) is 16.7 Å². The van der Waals surface area contributed by atoms with Gasteiger partial charge in [-0.1, -0.05) is 74.5 Å². The third-order valence-electron chi connectivity index (χ3n) is 6.23. The summed E-state index contributed by atoms with van der Waals surface area (Å²) in [6.07, 6.45) is -0.883. The third-order valence-corrected chi connectivity index (χ3v) is 6.23. The number of nitriles is 1. The third kappa shape index (κ3) is 8.08. The highest BCUT2D eigenvalue weighted by molar-refractivity contribution is 5.84. The second-order valence-electron chi connectivity index (χ2n) is 9.82. The van der Waals surface area contributed by atoms with Crippen LogP contribution in [-0.2, 0) is 27.4 Å². The molecule has 0 aliphatic carbocycles. The molecule has 1 saturated heterocycles. The lowest BCUT2D eigenvalue weighted by Gasteiger charge is -2.26. The molecule has 0 bridgehead atoms. The first-order chi connectivity index (χ1) is 17.3. The van der Waals surface area contributed by atoms with Crippen LogP contribution in [0.5, 0.6) is 0 Å². The molecule has 2 amide bonds. The van der Waals surface area contributed by atoms with Crippen molar-refractivity contribution in [3.05, 3.63) is 71.8 Å². The van der Waals surface area contributed by atoms with Crippen molar-refractivity contribution in [2.75, 3.05) is 20.2 Å². The van der Waals surface area contributed by atoms with Crippen molar-refractivity contribution in [1.82, 2.24) is 15.5 Å². The fraction of sp³-hybridized carbons (Fsp3) is 0.464. The highest BCUT2D eigenvalue weighted by Crippen LogP contribution is 2.27. The van der Waals surface area contributed by atoms with Crippen LogP contribution >= 0.6 is 0 Å². The number of carbonyl (C=O) groups excluding carboxylic acids is 2. The van der Waals surface area contributed by atoms with Crippen LogP contribution in [-0.4, -0.2) is 54.8 Å². The normalized spacial score (nSPS) is 20.5. The highest BCUT2D eigenvalue weighted by atomic mass is 16.6. The largest absolute Gasteiger partial charge is 0.436 e. The van der Waals surface area contributed by atoms with Gasteiger partial charge in [-0.15, -0.1) is 0 Å². The van der Waals surface area contributed by atoms with E-state index in [0.29, 0.717) is 39.1 Å². The van der Waals surface area contributed by atoms with Gasteiger partial charge in [0, 0.05) is 25.6 Å². The Balaban J connectivity index is 1.56. The van der Waals surface area contributed by atoms with E-state index in [9.17, 15) is 14.9 Å². The van der Waals surface area contributed by atoms with Crippen molar-refractivity contribution in [3.8, 4) is 6.07 Å². The molecule has 2 unspecified atom stereocenters. The van der Waals surface area contributed by atoms with Crippen molar-refractivity contribution >= 4 is 12.0 Å². The molecule has 0 aromatic heterocycles. The first kappa shape index (κ1) is 27.2. The summed E-state index contributed by atoms with van der Waals surface area (Å²) in [5, 5.41) is 15.6. The predicted octanol–water partition coefficient (Wildman–Crippen LogP) is 3.63. The van der Waals surface area contributed by atoms with Crippen molar-refractivity contribution < 1.29 is 19.1 Å². The van der Waals surface area contributed by atoms with E-state index in [-0.39, 0.29) is 12.0 Å². The Hall–Kier alpha value is -3.41. The van der Waals surface area contributed by atoms with E-state index in [4.69, 9.17) is 9.47 Å². The number of rotatable bonds is 11. The number of benzene rings is 2. The van der Waals surface area contributed by atoms with Gasteiger partial charge in [-0.2, -0.15) is 5.26 Å². The molecule has 192 valence electrons. The number of nitrogens with one attached hydrogen (secondary N) is 2. The molecular formula is C28H36N4O4. The molecule has 1 heterocycles. The van der Waals surface area contributed by atoms with E-state index in [1.165, 1.54) is 0 Å². The minimum absolute atomic E-state index is 0.0210. The Kier molecular flexibility index (Phi) is 9.86. The average molecular weight is 493 g/mol. The maximum absolute atomic E-state index is 13.2. The summed E-state index contributed by atoms with van der Waals surface area (Å²) in [7, 11) is 1.92. The van der Waals surface area contributed by atoms with Gasteiger partial charge in [0.25, 0.3) is 5.91 Å². The summed E-state index contributed by atoms with van der Waals surface area (Å²) >= 11 is 0. The number of alkyl carbamates (subject to hydrolysis) is 1. The molecule has 1 aliphatic rings. The molecule has 2 N–H and O–H groups in total. The lowest BCUT2D eigenvalue weighted by molar-refractivity contribution is -0.131. The lowest BCUT2D eigenvalue weighted by Crippen LogP contribution is -2.53. The molecule has 0 spiro atoms. The quantitative estimate of drug-likeness (QED) is 0.497. The monoisotopic (exact) mass is 492 g/mol. The topological polar surface area (TPSA) is 104 Å². The Morgan fingerprint density at radius 3 is 2.36 bits per heavy atom. The van der Waals surface area contributed by atoms with Gasteiger partial charge in [0.05, 0.1) is 19.3 Å². The molecule has 1 fully saturated rings. The summed E-state index contributed by atoms with van der Waals surface area (Å²) in [5.41, 5.74) is 0.931. The minimum Gasteiger partial charge on any atom is -0.436 e. The van der Waals surface area contributed by atoms with E-state index in [1.54, 1.807) is 0 Å². The van der Waals surface area contributed by atoms with Gasteiger partial charge in [-0.05, 0) is 30.5 Å². The fourth-order valence-electron chi connectivity index (χ4n) is 4.34. The SMILES string of the molecule is CC(C)C[C@H](OC(=O)NCc1ccccc1)C(=O)NC1(C#N)CC(COCc2ccccc2)N(C)C1. The number of carbonyl (C=O) groups is 2. The van der Waals surface area contributed by atoms with Crippen molar-refractivity contribution in [1.29, 1.82) is 5.26 Å². The molecule has 3 atom stereocenters. The Morgan fingerprint density at radius 2 is 1.75 bits per heavy atom. The molecule has 2 aromatic carbocycles. The van der Waals surface area contributed by atoms with Crippen LogP contribution in [0.15, 0.2) is 60.7 Å².